The fourth-order valence-electron chi connectivity index (χ4n) is 2.53. The van der Waals surface area contributed by atoms with E-state index in [9.17, 15) is 5.11 Å². The van der Waals surface area contributed by atoms with E-state index in [1.54, 1.807) is 12.1 Å². The minimum atomic E-state index is 0.176. The molecule has 0 heterocycles. The molecule has 0 aromatic heterocycles. The van der Waals surface area contributed by atoms with E-state index in [2.05, 4.69) is 12.1 Å². The van der Waals surface area contributed by atoms with Crippen molar-refractivity contribution in [2.75, 3.05) is 0 Å². The van der Waals surface area contributed by atoms with Crippen LogP contribution < -0.4 is 10.5 Å². The highest BCUT2D eigenvalue weighted by atomic mass is 16.5. The van der Waals surface area contributed by atoms with Gasteiger partial charge >= 0.3 is 0 Å². The number of aryl methyl sites for hydroxylation is 1. The van der Waals surface area contributed by atoms with Gasteiger partial charge in [-0.1, -0.05) is 18.2 Å². The lowest BCUT2D eigenvalue weighted by atomic mass is 10.1. The second-order valence-corrected chi connectivity index (χ2v) is 4.96. The maximum absolute atomic E-state index is 9.40. The molecule has 0 bridgehead atoms. The average molecular weight is 255 g/mol. The molecule has 1 atom stereocenters. The lowest BCUT2D eigenvalue weighted by molar-refractivity contribution is 0.305. The fraction of sp³-hybridized carbons (Fsp3) is 0.250. The quantitative estimate of drug-likeness (QED) is 0.886. The molecule has 1 aliphatic carbocycles. The van der Waals surface area contributed by atoms with Crippen LogP contribution in [0.5, 0.6) is 11.5 Å². The van der Waals surface area contributed by atoms with Crippen LogP contribution in [-0.2, 0) is 13.0 Å². The Balaban J connectivity index is 1.71. The molecule has 2 aromatic carbocycles. The Morgan fingerprint density at radius 1 is 1.21 bits per heavy atom. The predicted molar refractivity (Wildman–Crippen MR) is 74.1 cm³/mol. The van der Waals surface area contributed by atoms with E-state index in [1.165, 1.54) is 11.1 Å². The van der Waals surface area contributed by atoms with Gasteiger partial charge in [-0.3, -0.25) is 0 Å². The number of phenolic OH excluding ortho intramolecular Hbond substituents is 1. The minimum absolute atomic E-state index is 0.176. The summed E-state index contributed by atoms with van der Waals surface area (Å²) in [6, 6.07) is 13.4. The first-order chi connectivity index (χ1) is 9.22. The smallest absolute Gasteiger partial charge is 0.120 e. The number of hydrogen-bond acceptors (Lipinski definition) is 3. The van der Waals surface area contributed by atoms with Crippen LogP contribution in [0.2, 0.25) is 0 Å². The van der Waals surface area contributed by atoms with Crippen molar-refractivity contribution in [2.24, 2.45) is 5.73 Å². The van der Waals surface area contributed by atoms with Crippen molar-refractivity contribution in [3.63, 3.8) is 0 Å². The SMILES string of the molecule is NC1CCc2cc(OCc3cccc(O)c3)ccc21. The largest absolute Gasteiger partial charge is 0.508 e. The molecule has 1 aliphatic rings. The summed E-state index contributed by atoms with van der Waals surface area (Å²) < 4.78 is 5.76. The molecule has 3 heteroatoms. The number of nitrogens with two attached hydrogens (primary N) is 1. The molecule has 19 heavy (non-hydrogen) atoms. The zero-order chi connectivity index (χ0) is 13.2. The fourth-order valence-corrected chi connectivity index (χ4v) is 2.53. The predicted octanol–water partition coefficient (Wildman–Crippen LogP) is 2.92. The number of hydrogen-bond donors (Lipinski definition) is 2. The molecule has 2 aromatic rings. The van der Waals surface area contributed by atoms with Crippen LogP contribution in [0.4, 0.5) is 0 Å². The van der Waals surface area contributed by atoms with E-state index >= 15 is 0 Å². The van der Waals surface area contributed by atoms with Crippen molar-refractivity contribution in [1.82, 2.24) is 0 Å². The van der Waals surface area contributed by atoms with Crippen molar-refractivity contribution in [2.45, 2.75) is 25.5 Å². The third-order valence-electron chi connectivity index (χ3n) is 3.55. The number of fused-ring (bicyclic) bond motifs is 1. The van der Waals surface area contributed by atoms with Gasteiger partial charge in [-0.05, 0) is 53.8 Å². The third kappa shape index (κ3) is 2.56. The molecule has 0 saturated carbocycles. The maximum Gasteiger partial charge on any atom is 0.120 e. The van der Waals surface area contributed by atoms with Crippen LogP contribution >= 0.6 is 0 Å². The molecule has 3 nitrogen and oxygen atoms in total. The van der Waals surface area contributed by atoms with Crippen LogP contribution in [0.15, 0.2) is 42.5 Å². The summed E-state index contributed by atoms with van der Waals surface area (Å²) in [7, 11) is 0. The second-order valence-electron chi connectivity index (χ2n) is 4.96. The van der Waals surface area contributed by atoms with E-state index in [4.69, 9.17) is 10.5 Å². The Hall–Kier alpha value is -2.00. The molecular formula is C16H17NO2. The van der Waals surface area contributed by atoms with Gasteiger partial charge in [0.15, 0.2) is 0 Å². The summed E-state index contributed by atoms with van der Waals surface area (Å²) in [6.07, 6.45) is 2.05. The van der Waals surface area contributed by atoms with Gasteiger partial charge in [-0.25, -0.2) is 0 Å². The standard InChI is InChI=1S/C16H17NO2/c17-16-7-4-12-9-14(5-6-15(12)16)19-10-11-2-1-3-13(18)8-11/h1-3,5-6,8-9,16,18H,4,7,10,17H2. The van der Waals surface area contributed by atoms with Crippen LogP contribution in [0.3, 0.4) is 0 Å². The lowest BCUT2D eigenvalue weighted by Crippen LogP contribution is -2.05. The number of ether oxygens (including phenoxy) is 1. The van der Waals surface area contributed by atoms with Gasteiger partial charge in [-0.2, -0.15) is 0 Å². The Morgan fingerprint density at radius 3 is 2.95 bits per heavy atom. The van der Waals surface area contributed by atoms with Crippen LogP contribution in [-0.4, -0.2) is 5.11 Å². The average Bonchev–Trinajstić information content (AvgIpc) is 2.78. The highest BCUT2D eigenvalue weighted by molar-refractivity contribution is 5.40. The Morgan fingerprint density at radius 2 is 2.11 bits per heavy atom. The first-order valence-electron chi connectivity index (χ1n) is 6.51. The lowest BCUT2D eigenvalue weighted by Gasteiger charge is -2.09. The van der Waals surface area contributed by atoms with Crippen LogP contribution in [0, 0.1) is 0 Å². The Labute approximate surface area is 112 Å². The van der Waals surface area contributed by atoms with E-state index < -0.39 is 0 Å². The monoisotopic (exact) mass is 255 g/mol. The molecule has 0 saturated heterocycles. The minimum Gasteiger partial charge on any atom is -0.508 e. The van der Waals surface area contributed by atoms with Crippen molar-refractivity contribution in [3.8, 4) is 11.5 Å². The summed E-state index contributed by atoms with van der Waals surface area (Å²) in [6.45, 7) is 0.458. The molecule has 0 radical (unpaired) electrons. The van der Waals surface area contributed by atoms with E-state index in [0.29, 0.717) is 6.61 Å². The van der Waals surface area contributed by atoms with E-state index in [0.717, 1.165) is 24.2 Å². The molecule has 0 fully saturated rings. The second kappa shape index (κ2) is 4.94. The zero-order valence-corrected chi connectivity index (χ0v) is 10.7. The number of phenols is 1. The maximum atomic E-state index is 9.40. The van der Waals surface area contributed by atoms with Gasteiger partial charge in [0, 0.05) is 6.04 Å². The summed E-state index contributed by atoms with van der Waals surface area (Å²) in [4.78, 5) is 0. The summed E-state index contributed by atoms with van der Waals surface area (Å²) >= 11 is 0. The third-order valence-corrected chi connectivity index (χ3v) is 3.55. The summed E-state index contributed by atoms with van der Waals surface area (Å²) in [5.74, 6) is 1.12. The van der Waals surface area contributed by atoms with Crippen LogP contribution in [0.25, 0.3) is 0 Å². The first-order valence-corrected chi connectivity index (χ1v) is 6.51. The Bertz CT molecular complexity index is 595. The molecule has 1 unspecified atom stereocenters. The van der Waals surface area contributed by atoms with Gasteiger partial charge in [-0.15, -0.1) is 0 Å². The number of benzene rings is 2. The molecule has 98 valence electrons. The normalized spacial score (nSPS) is 17.2. The van der Waals surface area contributed by atoms with Crippen LogP contribution in [0.1, 0.15) is 29.2 Å². The summed E-state index contributed by atoms with van der Waals surface area (Å²) in [5.41, 5.74) is 9.50. The zero-order valence-electron chi connectivity index (χ0n) is 10.7. The van der Waals surface area contributed by atoms with Crippen molar-refractivity contribution >= 4 is 0 Å². The van der Waals surface area contributed by atoms with Gasteiger partial charge in [0.05, 0.1) is 0 Å². The van der Waals surface area contributed by atoms with Gasteiger partial charge in [0.1, 0.15) is 18.1 Å². The van der Waals surface area contributed by atoms with Crippen molar-refractivity contribution in [1.29, 1.82) is 0 Å². The van der Waals surface area contributed by atoms with Gasteiger partial charge in [0.25, 0.3) is 0 Å². The topological polar surface area (TPSA) is 55.5 Å². The number of rotatable bonds is 3. The molecule has 0 spiro atoms. The highest BCUT2D eigenvalue weighted by Gasteiger charge is 2.18. The molecular weight excluding hydrogens is 238 g/mol. The highest BCUT2D eigenvalue weighted by Crippen LogP contribution is 2.32. The van der Waals surface area contributed by atoms with Crippen molar-refractivity contribution < 1.29 is 9.84 Å². The molecule has 3 rings (SSSR count). The van der Waals surface area contributed by atoms with Crippen molar-refractivity contribution in [3.05, 3.63) is 59.2 Å². The summed E-state index contributed by atoms with van der Waals surface area (Å²) in [5, 5.41) is 9.40. The first kappa shape index (κ1) is 12.1. The van der Waals surface area contributed by atoms with E-state index in [-0.39, 0.29) is 11.8 Å². The van der Waals surface area contributed by atoms with E-state index in [1.807, 2.05) is 18.2 Å². The molecule has 0 amide bonds. The number of aromatic hydroxyl groups is 1. The van der Waals surface area contributed by atoms with Gasteiger partial charge in [0.2, 0.25) is 0 Å². The molecule has 0 aliphatic heterocycles. The molecule has 3 N–H and O–H groups in total. The Kier molecular flexibility index (Phi) is 3.13. The van der Waals surface area contributed by atoms with Gasteiger partial charge < -0.3 is 15.6 Å².